The second-order valence-electron chi connectivity index (χ2n) is 8.97. The summed E-state index contributed by atoms with van der Waals surface area (Å²) in [5, 5.41) is 11.6. The van der Waals surface area contributed by atoms with E-state index in [1.54, 1.807) is 24.3 Å². The van der Waals surface area contributed by atoms with Crippen molar-refractivity contribution in [3.63, 3.8) is 0 Å². The number of rotatable bonds is 3. The summed E-state index contributed by atoms with van der Waals surface area (Å²) >= 11 is 1.24. The van der Waals surface area contributed by atoms with Crippen LogP contribution in [0.2, 0.25) is 0 Å². The molecule has 37 heavy (non-hydrogen) atoms. The minimum absolute atomic E-state index is 0.0768. The van der Waals surface area contributed by atoms with Crippen molar-refractivity contribution < 1.29 is 28.6 Å². The highest BCUT2D eigenvalue weighted by Gasteiger charge is 2.49. The Kier molecular flexibility index (Phi) is 5.45. The minimum Gasteiger partial charge on any atom is -0.507 e. The summed E-state index contributed by atoms with van der Waals surface area (Å²) in [7, 11) is 0. The fraction of sp³-hybridized carbons (Fsp3) is 0.179. The number of hydrogen-bond donors (Lipinski definition) is 1. The van der Waals surface area contributed by atoms with Gasteiger partial charge in [0.05, 0.1) is 15.8 Å². The molecule has 2 aliphatic rings. The molecular weight excluding hydrogens is 495 g/mol. The minimum atomic E-state index is -1.21. The van der Waals surface area contributed by atoms with Crippen LogP contribution in [0.4, 0.5) is 9.52 Å². The van der Waals surface area contributed by atoms with Gasteiger partial charge in [0.25, 0.3) is 5.78 Å². The third kappa shape index (κ3) is 3.74. The summed E-state index contributed by atoms with van der Waals surface area (Å²) in [6.45, 7) is 4.62. The first-order chi connectivity index (χ1) is 17.8. The van der Waals surface area contributed by atoms with Gasteiger partial charge >= 0.3 is 5.91 Å². The third-order valence-corrected chi connectivity index (χ3v) is 7.49. The maximum absolute atomic E-state index is 15.2. The zero-order chi connectivity index (χ0) is 25.8. The molecular formula is C28H21FN2O5S. The number of Topliss-reactive ketones (excluding diaryl/α,β-unsaturated/α-hetero) is 1. The number of carbonyl (C=O) groups excluding carboxylic acids is 2. The number of hydrogen-bond acceptors (Lipinski definition) is 7. The van der Waals surface area contributed by atoms with Crippen LogP contribution in [0.5, 0.6) is 11.5 Å². The van der Waals surface area contributed by atoms with E-state index < -0.39 is 29.3 Å². The molecule has 0 radical (unpaired) electrons. The normalized spacial score (nSPS) is 18.6. The Hall–Kier alpha value is -4.24. The van der Waals surface area contributed by atoms with Crippen LogP contribution in [0, 0.1) is 19.7 Å². The number of aryl methyl sites for hydroxylation is 2. The Morgan fingerprint density at radius 2 is 1.81 bits per heavy atom. The van der Waals surface area contributed by atoms with Gasteiger partial charge in [0.15, 0.2) is 16.6 Å². The molecule has 186 valence electrons. The van der Waals surface area contributed by atoms with Crippen LogP contribution < -0.4 is 14.4 Å². The van der Waals surface area contributed by atoms with E-state index in [-0.39, 0.29) is 21.8 Å². The SMILES string of the molecule is Cc1cc(C)c2nc(N3C(=O)C(=O)/C(=C(/O)c4ccc5c(c4)OCCO5)[C@@H]3c3ccccc3F)sc2c1. The van der Waals surface area contributed by atoms with Crippen molar-refractivity contribution in [2.45, 2.75) is 19.9 Å². The van der Waals surface area contributed by atoms with Crippen molar-refractivity contribution in [3.05, 3.63) is 88.2 Å². The van der Waals surface area contributed by atoms with Gasteiger partial charge in [0.1, 0.15) is 30.8 Å². The highest BCUT2D eigenvalue weighted by atomic mass is 32.1. The van der Waals surface area contributed by atoms with Gasteiger partial charge in [-0.1, -0.05) is 35.6 Å². The van der Waals surface area contributed by atoms with Crippen LogP contribution in [0.15, 0.2) is 60.2 Å². The summed E-state index contributed by atoms with van der Waals surface area (Å²) in [5.74, 6) is -1.94. The molecule has 3 aromatic carbocycles. The molecule has 1 N–H and O–H groups in total. The quantitative estimate of drug-likeness (QED) is 0.221. The van der Waals surface area contributed by atoms with Crippen LogP contribution in [0.3, 0.4) is 0 Å². The number of ether oxygens (including phenoxy) is 2. The molecule has 1 amide bonds. The molecule has 1 atom stereocenters. The predicted molar refractivity (Wildman–Crippen MR) is 138 cm³/mol. The summed E-state index contributed by atoms with van der Waals surface area (Å²) in [6.07, 6.45) is 0. The lowest BCUT2D eigenvalue weighted by Gasteiger charge is -2.23. The molecule has 0 bridgehead atoms. The number of aliphatic hydroxyl groups excluding tert-OH is 1. The van der Waals surface area contributed by atoms with Gasteiger partial charge in [0, 0.05) is 11.1 Å². The fourth-order valence-electron chi connectivity index (χ4n) is 4.83. The topological polar surface area (TPSA) is 89.0 Å². The lowest BCUT2D eigenvalue weighted by atomic mass is 9.95. The second-order valence-corrected chi connectivity index (χ2v) is 9.98. The number of ketones is 1. The van der Waals surface area contributed by atoms with Gasteiger partial charge in [-0.15, -0.1) is 0 Å². The lowest BCUT2D eigenvalue weighted by molar-refractivity contribution is -0.132. The van der Waals surface area contributed by atoms with Gasteiger partial charge in [0.2, 0.25) is 0 Å². The first-order valence-electron chi connectivity index (χ1n) is 11.7. The number of nitrogens with zero attached hydrogens (tertiary/aromatic N) is 2. The van der Waals surface area contributed by atoms with Gasteiger partial charge in [-0.3, -0.25) is 14.5 Å². The number of aliphatic hydroxyl groups is 1. The monoisotopic (exact) mass is 516 g/mol. The van der Waals surface area contributed by atoms with Crippen molar-refractivity contribution in [3.8, 4) is 11.5 Å². The number of anilines is 1. The first kappa shape index (κ1) is 23.2. The standard InChI is InChI=1S/C28H21FN2O5S/c1-14-11-15(2)23-21(12-14)37-28(30-23)31-24(17-5-3-4-6-18(17)29)22(26(33)27(31)34)25(32)16-7-8-19-20(13-16)36-10-9-35-19/h3-8,11-13,24,32H,9-10H2,1-2H3/b25-22+/t24-/m0/s1. The summed E-state index contributed by atoms with van der Waals surface area (Å²) in [5.41, 5.74) is 2.76. The largest absolute Gasteiger partial charge is 0.507 e. The molecule has 0 aliphatic carbocycles. The van der Waals surface area contributed by atoms with E-state index in [0.717, 1.165) is 15.8 Å². The molecule has 1 saturated heterocycles. The van der Waals surface area contributed by atoms with Crippen LogP contribution in [-0.4, -0.2) is 35.0 Å². The number of halogens is 1. The number of aromatic nitrogens is 1. The maximum atomic E-state index is 15.2. The zero-order valence-electron chi connectivity index (χ0n) is 19.9. The average Bonchev–Trinajstić information content (AvgIpc) is 3.42. The number of benzene rings is 3. The summed E-state index contributed by atoms with van der Waals surface area (Å²) in [4.78, 5) is 32.7. The lowest BCUT2D eigenvalue weighted by Crippen LogP contribution is -2.29. The van der Waals surface area contributed by atoms with E-state index in [0.29, 0.717) is 30.2 Å². The molecule has 0 unspecified atom stereocenters. The fourth-order valence-corrected chi connectivity index (χ4v) is 6.00. The second kappa shape index (κ2) is 8.70. The van der Waals surface area contributed by atoms with Crippen LogP contribution >= 0.6 is 11.3 Å². The van der Waals surface area contributed by atoms with E-state index >= 15 is 4.39 Å². The zero-order valence-corrected chi connectivity index (χ0v) is 20.8. The highest BCUT2D eigenvalue weighted by Crippen LogP contribution is 2.46. The van der Waals surface area contributed by atoms with E-state index in [1.165, 1.54) is 34.4 Å². The molecule has 4 aromatic rings. The van der Waals surface area contributed by atoms with Gasteiger partial charge < -0.3 is 14.6 Å². The Morgan fingerprint density at radius 1 is 1.05 bits per heavy atom. The van der Waals surface area contributed by atoms with Gasteiger partial charge in [-0.25, -0.2) is 9.37 Å². The molecule has 1 aromatic heterocycles. The number of carbonyl (C=O) groups is 2. The number of thiazole rings is 1. The Morgan fingerprint density at radius 3 is 2.59 bits per heavy atom. The van der Waals surface area contributed by atoms with Crippen molar-refractivity contribution >= 4 is 44.1 Å². The predicted octanol–water partition coefficient (Wildman–Crippen LogP) is 5.45. The Balaban J connectivity index is 1.56. The van der Waals surface area contributed by atoms with Crippen LogP contribution in [0.25, 0.3) is 16.0 Å². The van der Waals surface area contributed by atoms with Crippen LogP contribution in [-0.2, 0) is 9.59 Å². The molecule has 2 aliphatic heterocycles. The molecule has 3 heterocycles. The van der Waals surface area contributed by atoms with Crippen molar-refractivity contribution in [2.24, 2.45) is 0 Å². The number of fused-ring (bicyclic) bond motifs is 2. The Bertz CT molecular complexity index is 1640. The summed E-state index contributed by atoms with van der Waals surface area (Å²) < 4.78 is 27.2. The molecule has 0 saturated carbocycles. The maximum Gasteiger partial charge on any atom is 0.301 e. The van der Waals surface area contributed by atoms with Crippen molar-refractivity contribution in [2.75, 3.05) is 18.1 Å². The van der Waals surface area contributed by atoms with E-state index in [4.69, 9.17) is 9.47 Å². The van der Waals surface area contributed by atoms with Gasteiger partial charge in [-0.05, 0) is 55.3 Å². The molecule has 0 spiro atoms. The van der Waals surface area contributed by atoms with Gasteiger partial charge in [-0.2, -0.15) is 0 Å². The van der Waals surface area contributed by atoms with E-state index in [1.807, 2.05) is 26.0 Å². The summed E-state index contributed by atoms with van der Waals surface area (Å²) in [6, 6.07) is 13.3. The average molecular weight is 517 g/mol. The molecule has 9 heteroatoms. The van der Waals surface area contributed by atoms with Crippen molar-refractivity contribution in [1.82, 2.24) is 4.98 Å². The van der Waals surface area contributed by atoms with E-state index in [2.05, 4.69) is 4.98 Å². The molecule has 1 fully saturated rings. The molecule has 7 nitrogen and oxygen atoms in total. The van der Waals surface area contributed by atoms with E-state index in [9.17, 15) is 14.7 Å². The van der Waals surface area contributed by atoms with Crippen LogP contribution in [0.1, 0.15) is 28.3 Å². The molecule has 6 rings (SSSR count). The smallest absolute Gasteiger partial charge is 0.301 e. The van der Waals surface area contributed by atoms with Crippen molar-refractivity contribution in [1.29, 1.82) is 0 Å². The Labute approximate surface area is 215 Å². The highest BCUT2D eigenvalue weighted by molar-refractivity contribution is 7.22. The number of amides is 1. The third-order valence-electron chi connectivity index (χ3n) is 6.48. The first-order valence-corrected chi connectivity index (χ1v) is 12.5.